The molecule has 1 fully saturated rings. The molecule has 0 radical (unpaired) electrons. The molecule has 7 rings (SSSR count). The average Bonchev–Trinajstić information content (AvgIpc) is 3.33. The summed E-state index contributed by atoms with van der Waals surface area (Å²) in [6, 6.07) is 33.8. The van der Waals surface area contributed by atoms with Gasteiger partial charge in [-0.25, -0.2) is 9.59 Å². The molecule has 6 atom stereocenters. The Balaban J connectivity index is 1.37. The van der Waals surface area contributed by atoms with Gasteiger partial charge in [-0.2, -0.15) is 0 Å². The molecule has 0 aromatic heterocycles. The maximum Gasteiger partial charge on any atom is 0.412 e. The Hall–Kier alpha value is -5.95. The standard InChI is InChI=1S/C53H63N3O9/c1-3-28-56(52(60)61-36-39-20-10-6-11-21-39)48-34-46(55-63-37-40-22-12-7-13-23-40)44-32-41(24-14-16-29-57)43(25-15-17-30-58)49-45-33-42(64-51(59)54-35-38-18-8-5-9-19-38)26-27-47(45)65-53(48,50(44)49)62-31-4-2/h4-13,18-23,26-27,32-33,41,43,48-50,57-58H,2-3,14-17,24-25,28-31,34-37H2,1H3,(H,54,59)/t41-,43+,48-,49+,50+,53+/m0/s1. The Bertz CT molecular complexity index is 2220. The normalized spacial score (nSPS) is 22.4. The zero-order valence-corrected chi connectivity index (χ0v) is 37.4. The SMILES string of the molecule is C=CCO[C@@]12Oc3ccc(OC(=O)NCc4ccccc4)cc3[C@H]3[C@H](CCCCO)[C@@H](CCCCO)C=C(C(=NOCc4ccccc4)C[C@@H]1N(CCC)C(=O)OCc1ccccc1)[C@H]32. The fourth-order valence-corrected chi connectivity index (χ4v) is 9.80. The molecule has 2 aliphatic carbocycles. The first kappa shape index (κ1) is 47.0. The van der Waals surface area contributed by atoms with E-state index in [1.54, 1.807) is 17.0 Å². The second-order valence-corrected chi connectivity index (χ2v) is 17.0. The van der Waals surface area contributed by atoms with Crippen molar-refractivity contribution in [3.05, 3.63) is 156 Å². The number of nitrogens with one attached hydrogen (secondary N) is 1. The second kappa shape index (κ2) is 23.3. The molecule has 65 heavy (non-hydrogen) atoms. The van der Waals surface area contributed by atoms with Crippen LogP contribution in [0.25, 0.3) is 0 Å². The first-order valence-corrected chi connectivity index (χ1v) is 23.1. The van der Waals surface area contributed by atoms with Crippen molar-refractivity contribution in [3.63, 3.8) is 0 Å². The van der Waals surface area contributed by atoms with Gasteiger partial charge in [0.05, 0.1) is 18.2 Å². The smallest absolute Gasteiger partial charge is 0.412 e. The van der Waals surface area contributed by atoms with Gasteiger partial charge in [-0.1, -0.05) is 128 Å². The van der Waals surface area contributed by atoms with E-state index in [1.165, 1.54) is 0 Å². The molecule has 12 heteroatoms. The van der Waals surface area contributed by atoms with E-state index in [9.17, 15) is 19.8 Å². The van der Waals surface area contributed by atoms with Crippen LogP contribution >= 0.6 is 0 Å². The number of carbonyl (C=O) groups is 2. The number of fused-ring (bicyclic) bond motifs is 2. The van der Waals surface area contributed by atoms with Crippen LogP contribution in [0.15, 0.2) is 139 Å². The summed E-state index contributed by atoms with van der Waals surface area (Å²) < 4.78 is 26.5. The lowest BCUT2D eigenvalue weighted by Crippen LogP contribution is -2.70. The number of nitrogens with zero attached hydrogens (tertiary/aromatic N) is 2. The van der Waals surface area contributed by atoms with Gasteiger partial charge in [0.25, 0.3) is 0 Å². The van der Waals surface area contributed by atoms with Crippen molar-refractivity contribution >= 4 is 17.9 Å². The van der Waals surface area contributed by atoms with Crippen LogP contribution in [0.2, 0.25) is 0 Å². The number of oxime groups is 1. The highest BCUT2D eigenvalue weighted by molar-refractivity contribution is 6.03. The van der Waals surface area contributed by atoms with E-state index >= 15 is 0 Å². The topological polar surface area (TPSA) is 148 Å². The number of rotatable bonds is 22. The molecule has 3 N–H and O–H groups in total. The second-order valence-electron chi connectivity index (χ2n) is 17.0. The molecule has 0 unspecified atom stereocenters. The summed E-state index contributed by atoms with van der Waals surface area (Å²) in [6.07, 6.45) is 8.14. The maximum atomic E-state index is 14.6. The summed E-state index contributed by atoms with van der Waals surface area (Å²) >= 11 is 0. The van der Waals surface area contributed by atoms with E-state index in [0.29, 0.717) is 49.6 Å². The van der Waals surface area contributed by atoms with Crippen LogP contribution in [0.4, 0.5) is 9.59 Å². The Kier molecular flexibility index (Phi) is 16.9. The minimum Gasteiger partial charge on any atom is -0.459 e. The van der Waals surface area contributed by atoms with Crippen LogP contribution in [-0.4, -0.2) is 71.2 Å². The van der Waals surface area contributed by atoms with E-state index < -0.39 is 29.9 Å². The van der Waals surface area contributed by atoms with Crippen molar-refractivity contribution in [2.45, 2.75) is 95.8 Å². The van der Waals surface area contributed by atoms with Crippen LogP contribution in [0.5, 0.6) is 11.5 Å². The van der Waals surface area contributed by atoms with E-state index in [1.807, 2.05) is 110 Å². The molecule has 1 heterocycles. The minimum atomic E-state index is -1.46. The highest BCUT2D eigenvalue weighted by Crippen LogP contribution is 2.62. The summed E-state index contributed by atoms with van der Waals surface area (Å²) in [4.78, 5) is 35.9. The predicted molar refractivity (Wildman–Crippen MR) is 249 cm³/mol. The number of allylic oxidation sites excluding steroid dienone is 1. The van der Waals surface area contributed by atoms with Gasteiger partial charge in [-0.15, -0.1) is 6.58 Å². The average molecular weight is 886 g/mol. The van der Waals surface area contributed by atoms with Crippen molar-refractivity contribution < 1.29 is 43.6 Å². The monoisotopic (exact) mass is 885 g/mol. The first-order valence-electron chi connectivity index (χ1n) is 23.1. The van der Waals surface area contributed by atoms with Gasteiger partial charge in [-0.3, -0.25) is 4.90 Å². The molecule has 0 saturated heterocycles. The number of unbranched alkanes of at least 4 members (excludes halogenated alkanes) is 2. The molecule has 4 aromatic carbocycles. The first-order chi connectivity index (χ1) is 31.9. The number of ether oxygens (including phenoxy) is 4. The molecule has 3 aliphatic rings. The number of amides is 2. The Morgan fingerprint density at radius 3 is 2.20 bits per heavy atom. The van der Waals surface area contributed by atoms with Gasteiger partial charge in [-0.05, 0) is 84.4 Å². The van der Waals surface area contributed by atoms with Crippen molar-refractivity contribution in [3.8, 4) is 11.5 Å². The number of aliphatic hydroxyl groups excluding tert-OH is 2. The number of aliphatic hydroxyl groups is 2. The summed E-state index contributed by atoms with van der Waals surface area (Å²) in [6.45, 7) is 7.29. The molecular formula is C53H63N3O9. The number of benzene rings is 4. The van der Waals surface area contributed by atoms with Gasteiger partial charge in [0.1, 0.15) is 30.8 Å². The van der Waals surface area contributed by atoms with Crippen LogP contribution in [0.3, 0.4) is 0 Å². The third-order valence-corrected chi connectivity index (χ3v) is 12.7. The fraction of sp³-hybridized carbons (Fsp3) is 0.415. The van der Waals surface area contributed by atoms with E-state index in [0.717, 1.165) is 53.5 Å². The number of hydrogen-bond acceptors (Lipinski definition) is 10. The summed E-state index contributed by atoms with van der Waals surface area (Å²) in [5.74, 6) is -1.39. The summed E-state index contributed by atoms with van der Waals surface area (Å²) in [5, 5.41) is 27.7. The van der Waals surface area contributed by atoms with Gasteiger partial charge < -0.3 is 39.3 Å². The predicted octanol–water partition coefficient (Wildman–Crippen LogP) is 9.86. The zero-order chi connectivity index (χ0) is 45.4. The van der Waals surface area contributed by atoms with E-state index in [2.05, 4.69) is 18.0 Å². The quantitative estimate of drug-likeness (QED) is 0.0399. The van der Waals surface area contributed by atoms with Crippen molar-refractivity contribution in [2.24, 2.45) is 22.9 Å². The number of hydrogen-bond donors (Lipinski definition) is 3. The maximum absolute atomic E-state index is 14.6. The third-order valence-electron chi connectivity index (χ3n) is 12.7. The van der Waals surface area contributed by atoms with E-state index in [4.69, 9.17) is 28.9 Å². The lowest BCUT2D eigenvalue weighted by Gasteiger charge is -2.59. The van der Waals surface area contributed by atoms with Gasteiger partial charge >= 0.3 is 12.2 Å². The molecule has 4 aromatic rings. The van der Waals surface area contributed by atoms with Gasteiger partial charge in [0.15, 0.2) is 0 Å². The molecule has 12 nitrogen and oxygen atoms in total. The third kappa shape index (κ3) is 11.5. The highest BCUT2D eigenvalue weighted by Gasteiger charge is 2.65. The molecule has 0 spiro atoms. The lowest BCUT2D eigenvalue weighted by atomic mass is 9.55. The number of carbonyl (C=O) groups excluding carboxylic acids is 2. The van der Waals surface area contributed by atoms with Crippen molar-refractivity contribution in [2.75, 3.05) is 26.4 Å². The van der Waals surface area contributed by atoms with Crippen LogP contribution in [-0.2, 0) is 34.1 Å². The molecule has 0 bridgehead atoms. The Morgan fingerprint density at radius 2 is 1.54 bits per heavy atom. The molecular weight excluding hydrogens is 823 g/mol. The molecule has 344 valence electrons. The van der Waals surface area contributed by atoms with E-state index in [-0.39, 0.29) is 57.2 Å². The summed E-state index contributed by atoms with van der Waals surface area (Å²) in [5.41, 5.74) is 5.18. The Morgan fingerprint density at radius 1 is 0.877 bits per heavy atom. The minimum absolute atomic E-state index is 0.0135. The molecule has 1 aliphatic heterocycles. The van der Waals surface area contributed by atoms with Gasteiger partial charge in [0, 0.05) is 44.2 Å². The lowest BCUT2D eigenvalue weighted by molar-refractivity contribution is -0.255. The Labute approximate surface area is 382 Å². The van der Waals surface area contributed by atoms with Crippen molar-refractivity contribution in [1.82, 2.24) is 10.2 Å². The van der Waals surface area contributed by atoms with Crippen LogP contribution < -0.4 is 14.8 Å². The fourth-order valence-electron chi connectivity index (χ4n) is 9.80. The largest absolute Gasteiger partial charge is 0.459 e. The van der Waals surface area contributed by atoms with Crippen LogP contribution in [0, 0.1) is 17.8 Å². The molecule has 1 saturated carbocycles. The summed E-state index contributed by atoms with van der Waals surface area (Å²) in [7, 11) is 0. The molecule has 2 amide bonds. The highest BCUT2D eigenvalue weighted by atomic mass is 16.7. The zero-order valence-electron chi connectivity index (χ0n) is 37.4. The van der Waals surface area contributed by atoms with Crippen LogP contribution in [0.1, 0.15) is 86.5 Å². The van der Waals surface area contributed by atoms with Crippen molar-refractivity contribution in [1.29, 1.82) is 0 Å². The van der Waals surface area contributed by atoms with Gasteiger partial charge in [0.2, 0.25) is 5.79 Å².